The number of rotatable bonds is 3. The Hall–Kier alpha value is -1.96. The molecule has 4 N–H and O–H groups in total. The van der Waals surface area contributed by atoms with Crippen molar-refractivity contribution in [2.45, 2.75) is 19.9 Å². The molecule has 0 aromatic carbocycles. The maximum absolute atomic E-state index is 11.7. The Kier molecular flexibility index (Phi) is 3.05. The number of anilines is 1. The normalized spacial score (nSPS) is 12.4. The third-order valence-corrected chi connectivity index (χ3v) is 3.22. The fourth-order valence-electron chi connectivity index (χ4n) is 1.27. The van der Waals surface area contributed by atoms with E-state index in [-0.39, 0.29) is 23.7 Å². The summed E-state index contributed by atoms with van der Waals surface area (Å²) in [5, 5.41) is 11.6. The number of nitrogens with one attached hydrogen (secondary N) is 2. The van der Waals surface area contributed by atoms with E-state index in [1.165, 1.54) is 11.3 Å². The van der Waals surface area contributed by atoms with Crippen LogP contribution in [0.3, 0.4) is 0 Å². The highest BCUT2D eigenvalue weighted by Crippen LogP contribution is 2.17. The Morgan fingerprint density at radius 2 is 2.35 bits per heavy atom. The van der Waals surface area contributed by atoms with Crippen molar-refractivity contribution in [3.05, 3.63) is 21.9 Å². The molecule has 1 amide bonds. The number of hydrogen-bond donors (Lipinski definition) is 3. The highest BCUT2D eigenvalue weighted by Gasteiger charge is 2.16. The predicted octanol–water partition coefficient (Wildman–Crippen LogP) is 0.643. The molecule has 0 aliphatic rings. The summed E-state index contributed by atoms with van der Waals surface area (Å²) in [5.41, 5.74) is 6.26. The zero-order valence-electron chi connectivity index (χ0n) is 9.39. The number of aromatic nitrogens is 4. The van der Waals surface area contributed by atoms with Gasteiger partial charge < -0.3 is 11.1 Å². The first kappa shape index (κ1) is 11.5. The first-order valence-corrected chi connectivity index (χ1v) is 5.85. The number of amides is 1. The number of nitrogen functional groups attached to an aromatic ring is 1. The SMILES string of the molecule is Cc1csc(C(C)NC(=O)c2nc(N)n[nH]2)n1. The van der Waals surface area contributed by atoms with E-state index in [0.29, 0.717) is 0 Å². The van der Waals surface area contributed by atoms with Crippen LogP contribution in [0, 0.1) is 6.92 Å². The molecule has 2 heterocycles. The second-order valence-electron chi connectivity index (χ2n) is 3.56. The van der Waals surface area contributed by atoms with Crippen LogP contribution < -0.4 is 11.1 Å². The first-order chi connectivity index (χ1) is 8.06. The smallest absolute Gasteiger partial charge is 0.289 e. The van der Waals surface area contributed by atoms with E-state index >= 15 is 0 Å². The second-order valence-corrected chi connectivity index (χ2v) is 4.45. The van der Waals surface area contributed by atoms with Crippen molar-refractivity contribution < 1.29 is 4.79 Å². The van der Waals surface area contributed by atoms with Crippen LogP contribution in [-0.4, -0.2) is 26.1 Å². The molecule has 2 rings (SSSR count). The molecule has 0 saturated heterocycles. The maximum Gasteiger partial charge on any atom is 0.289 e. The lowest BCUT2D eigenvalue weighted by Gasteiger charge is -2.09. The van der Waals surface area contributed by atoms with Crippen molar-refractivity contribution in [3.8, 4) is 0 Å². The largest absolute Gasteiger partial charge is 0.366 e. The van der Waals surface area contributed by atoms with Gasteiger partial charge in [-0.3, -0.25) is 9.89 Å². The summed E-state index contributed by atoms with van der Waals surface area (Å²) in [6, 6.07) is -0.174. The molecule has 17 heavy (non-hydrogen) atoms. The van der Waals surface area contributed by atoms with Crippen molar-refractivity contribution in [1.82, 2.24) is 25.5 Å². The topological polar surface area (TPSA) is 110 Å². The molecule has 0 spiro atoms. The monoisotopic (exact) mass is 252 g/mol. The number of aryl methyl sites for hydroxylation is 1. The minimum atomic E-state index is -0.352. The van der Waals surface area contributed by atoms with Gasteiger partial charge in [0.1, 0.15) is 5.01 Å². The fraction of sp³-hybridized carbons (Fsp3) is 0.333. The van der Waals surface area contributed by atoms with Gasteiger partial charge in [-0.05, 0) is 13.8 Å². The standard InChI is InChI=1S/C9H12N6OS/c1-4-3-17-8(11-4)5(2)12-7(16)6-13-9(10)15-14-6/h3,5H,1-2H3,(H,12,16)(H3,10,13,14,15). The number of carbonyl (C=O) groups excluding carboxylic acids is 1. The van der Waals surface area contributed by atoms with Crippen molar-refractivity contribution in [2.24, 2.45) is 0 Å². The minimum Gasteiger partial charge on any atom is -0.366 e. The molecule has 8 heteroatoms. The quantitative estimate of drug-likeness (QED) is 0.742. The van der Waals surface area contributed by atoms with Gasteiger partial charge in [-0.25, -0.2) is 4.98 Å². The molecular weight excluding hydrogens is 240 g/mol. The molecular formula is C9H12N6OS. The summed E-state index contributed by atoms with van der Waals surface area (Å²) in [6.45, 7) is 3.77. The average molecular weight is 252 g/mol. The molecule has 0 bridgehead atoms. The second kappa shape index (κ2) is 4.50. The number of thiazole rings is 1. The third kappa shape index (κ3) is 2.59. The zero-order chi connectivity index (χ0) is 12.4. The fourth-order valence-corrected chi connectivity index (χ4v) is 2.08. The van der Waals surface area contributed by atoms with Gasteiger partial charge in [0.25, 0.3) is 5.91 Å². The summed E-state index contributed by atoms with van der Waals surface area (Å²) in [5.74, 6) is -0.204. The molecule has 90 valence electrons. The van der Waals surface area contributed by atoms with Gasteiger partial charge in [0.05, 0.1) is 6.04 Å². The summed E-state index contributed by atoms with van der Waals surface area (Å²) in [4.78, 5) is 19.8. The lowest BCUT2D eigenvalue weighted by Crippen LogP contribution is -2.27. The molecule has 1 unspecified atom stereocenters. The number of hydrogen-bond acceptors (Lipinski definition) is 6. The van der Waals surface area contributed by atoms with E-state index in [1.807, 2.05) is 19.2 Å². The van der Waals surface area contributed by atoms with Crippen molar-refractivity contribution in [1.29, 1.82) is 0 Å². The molecule has 1 atom stereocenters. The van der Waals surface area contributed by atoms with Crippen LogP contribution in [0.25, 0.3) is 0 Å². The van der Waals surface area contributed by atoms with Gasteiger partial charge in [-0.1, -0.05) is 0 Å². The van der Waals surface area contributed by atoms with Crippen LogP contribution in [-0.2, 0) is 0 Å². The summed E-state index contributed by atoms with van der Waals surface area (Å²) in [6.07, 6.45) is 0. The van der Waals surface area contributed by atoms with E-state index in [9.17, 15) is 4.79 Å². The van der Waals surface area contributed by atoms with Gasteiger partial charge in [-0.15, -0.1) is 16.4 Å². The molecule has 0 saturated carbocycles. The van der Waals surface area contributed by atoms with E-state index < -0.39 is 0 Å². The van der Waals surface area contributed by atoms with Gasteiger partial charge in [0, 0.05) is 11.1 Å². The van der Waals surface area contributed by atoms with E-state index in [4.69, 9.17) is 5.73 Å². The van der Waals surface area contributed by atoms with Gasteiger partial charge in [0.15, 0.2) is 0 Å². The Balaban J connectivity index is 2.04. The van der Waals surface area contributed by atoms with E-state index in [0.717, 1.165) is 10.7 Å². The van der Waals surface area contributed by atoms with Gasteiger partial charge in [0.2, 0.25) is 11.8 Å². The number of nitrogens with two attached hydrogens (primary N) is 1. The van der Waals surface area contributed by atoms with Gasteiger partial charge in [-0.2, -0.15) is 4.98 Å². The Labute approximate surface area is 101 Å². The van der Waals surface area contributed by atoms with Crippen LogP contribution in [0.5, 0.6) is 0 Å². The third-order valence-electron chi connectivity index (χ3n) is 2.07. The van der Waals surface area contributed by atoms with Crippen LogP contribution in [0.1, 0.15) is 34.3 Å². The highest BCUT2D eigenvalue weighted by atomic mass is 32.1. The molecule has 7 nitrogen and oxygen atoms in total. The first-order valence-electron chi connectivity index (χ1n) is 4.97. The average Bonchev–Trinajstić information content (AvgIpc) is 2.87. The van der Waals surface area contributed by atoms with Crippen molar-refractivity contribution >= 4 is 23.2 Å². The van der Waals surface area contributed by atoms with Gasteiger partial charge >= 0.3 is 0 Å². The lowest BCUT2D eigenvalue weighted by atomic mass is 10.3. The van der Waals surface area contributed by atoms with Crippen molar-refractivity contribution in [2.75, 3.05) is 5.73 Å². The Morgan fingerprint density at radius 3 is 2.88 bits per heavy atom. The van der Waals surface area contributed by atoms with Crippen LogP contribution in [0.15, 0.2) is 5.38 Å². The maximum atomic E-state index is 11.7. The molecule has 0 aliphatic heterocycles. The Morgan fingerprint density at radius 1 is 1.59 bits per heavy atom. The number of nitrogens with zero attached hydrogens (tertiary/aromatic N) is 3. The summed E-state index contributed by atoms with van der Waals surface area (Å²) < 4.78 is 0. The molecule has 0 radical (unpaired) electrons. The van der Waals surface area contributed by atoms with Crippen molar-refractivity contribution in [3.63, 3.8) is 0 Å². The van der Waals surface area contributed by atoms with Crippen LogP contribution in [0.2, 0.25) is 0 Å². The summed E-state index contributed by atoms with van der Waals surface area (Å²) in [7, 11) is 0. The number of carbonyl (C=O) groups is 1. The van der Waals surface area contributed by atoms with Crippen LogP contribution >= 0.6 is 11.3 Å². The minimum absolute atomic E-state index is 0.0490. The number of aromatic amines is 1. The summed E-state index contributed by atoms with van der Waals surface area (Å²) >= 11 is 1.50. The zero-order valence-corrected chi connectivity index (χ0v) is 10.2. The van der Waals surface area contributed by atoms with E-state index in [1.54, 1.807) is 0 Å². The lowest BCUT2D eigenvalue weighted by molar-refractivity contribution is 0.0929. The molecule has 0 fully saturated rings. The molecule has 0 aliphatic carbocycles. The predicted molar refractivity (Wildman–Crippen MR) is 63.5 cm³/mol. The molecule has 2 aromatic heterocycles. The number of H-pyrrole nitrogens is 1. The Bertz CT molecular complexity index is 533. The molecule has 2 aromatic rings. The van der Waals surface area contributed by atoms with E-state index in [2.05, 4.69) is 25.5 Å². The van der Waals surface area contributed by atoms with Crippen LogP contribution in [0.4, 0.5) is 5.95 Å². The highest BCUT2D eigenvalue weighted by molar-refractivity contribution is 7.09.